The van der Waals surface area contributed by atoms with Gasteiger partial charge in [-0.15, -0.1) is 0 Å². The molecule has 0 heterocycles. The van der Waals surface area contributed by atoms with Crippen LogP contribution in [0, 0.1) is 6.92 Å². The van der Waals surface area contributed by atoms with E-state index in [-0.39, 0.29) is 12.5 Å². The van der Waals surface area contributed by atoms with E-state index in [9.17, 15) is 13.2 Å². The highest BCUT2D eigenvalue weighted by Crippen LogP contribution is 2.31. The summed E-state index contributed by atoms with van der Waals surface area (Å²) in [4.78, 5) is 0. The lowest BCUT2D eigenvalue weighted by Gasteiger charge is -2.20. The van der Waals surface area contributed by atoms with E-state index in [1.807, 2.05) is 19.1 Å². The van der Waals surface area contributed by atoms with Crippen LogP contribution in [0.25, 0.3) is 0 Å². The van der Waals surface area contributed by atoms with Gasteiger partial charge in [0.05, 0.1) is 7.11 Å². The van der Waals surface area contributed by atoms with Gasteiger partial charge in [-0.05, 0) is 25.8 Å². The van der Waals surface area contributed by atoms with Crippen LogP contribution >= 0.6 is 0 Å². The predicted molar refractivity (Wildman–Crippen MR) is 67.7 cm³/mol. The molecule has 3 nitrogen and oxygen atoms in total. The topological polar surface area (TPSA) is 47.3 Å². The van der Waals surface area contributed by atoms with E-state index in [1.54, 1.807) is 6.07 Å². The molecule has 0 radical (unpaired) electrons. The Morgan fingerprint density at radius 1 is 1.37 bits per heavy atom. The number of alkyl halides is 3. The quantitative estimate of drug-likeness (QED) is 0.619. The van der Waals surface area contributed by atoms with Crippen LogP contribution in [-0.2, 0) is 0 Å². The molecule has 0 aliphatic carbocycles. The molecule has 19 heavy (non-hydrogen) atoms. The van der Waals surface area contributed by atoms with Crippen LogP contribution < -0.4 is 16.0 Å². The fourth-order valence-electron chi connectivity index (χ4n) is 1.96. The number of ether oxygens (including phenoxy) is 1. The van der Waals surface area contributed by atoms with Crippen molar-refractivity contribution < 1.29 is 17.9 Å². The summed E-state index contributed by atoms with van der Waals surface area (Å²) >= 11 is 0. The molecule has 1 aromatic carbocycles. The molecule has 1 rings (SSSR count). The number of aryl methyl sites for hydroxylation is 1. The summed E-state index contributed by atoms with van der Waals surface area (Å²) < 4.78 is 41.6. The lowest BCUT2D eigenvalue weighted by Crippen LogP contribution is -2.28. The molecule has 0 aromatic heterocycles. The molecule has 0 fully saturated rings. The van der Waals surface area contributed by atoms with Crippen LogP contribution in [0.2, 0.25) is 0 Å². The normalized spacial score (nSPS) is 13.4. The Morgan fingerprint density at radius 3 is 2.58 bits per heavy atom. The first-order valence-electron chi connectivity index (χ1n) is 6.05. The summed E-state index contributed by atoms with van der Waals surface area (Å²) in [5.74, 6) is 6.07. The average Bonchev–Trinajstić information content (AvgIpc) is 2.33. The zero-order valence-corrected chi connectivity index (χ0v) is 11.1. The number of benzene rings is 1. The van der Waals surface area contributed by atoms with Gasteiger partial charge in [0.1, 0.15) is 5.75 Å². The maximum atomic E-state index is 12.1. The number of rotatable bonds is 6. The van der Waals surface area contributed by atoms with Crippen molar-refractivity contribution in [3.05, 3.63) is 29.3 Å². The third kappa shape index (κ3) is 5.08. The van der Waals surface area contributed by atoms with Gasteiger partial charge in [0, 0.05) is 18.0 Å². The monoisotopic (exact) mass is 276 g/mol. The van der Waals surface area contributed by atoms with E-state index in [2.05, 4.69) is 5.43 Å². The van der Waals surface area contributed by atoms with E-state index >= 15 is 0 Å². The number of nitrogens with one attached hydrogen (secondary N) is 1. The number of halogens is 3. The third-order valence-corrected chi connectivity index (χ3v) is 2.91. The van der Waals surface area contributed by atoms with Crippen LogP contribution in [0.3, 0.4) is 0 Å². The van der Waals surface area contributed by atoms with Gasteiger partial charge >= 0.3 is 6.18 Å². The van der Waals surface area contributed by atoms with Crippen LogP contribution in [-0.4, -0.2) is 13.3 Å². The van der Waals surface area contributed by atoms with Crippen molar-refractivity contribution in [2.45, 2.75) is 38.4 Å². The van der Waals surface area contributed by atoms with Crippen LogP contribution in [0.5, 0.6) is 5.75 Å². The van der Waals surface area contributed by atoms with Gasteiger partial charge in [-0.1, -0.05) is 17.7 Å². The fraction of sp³-hybridized carbons (Fsp3) is 0.538. The van der Waals surface area contributed by atoms with Crippen molar-refractivity contribution in [1.82, 2.24) is 5.43 Å². The molecule has 0 aliphatic rings. The highest BCUT2D eigenvalue weighted by molar-refractivity contribution is 5.39. The number of nitrogens with two attached hydrogens (primary N) is 1. The standard InChI is InChI=1S/C13H19F3N2O/c1-9-5-6-12(19-2)10(8-9)11(18-17)4-3-7-13(14,15)16/h5-6,8,11,18H,3-4,7,17H2,1-2H3. The van der Waals surface area contributed by atoms with E-state index in [1.165, 1.54) is 7.11 Å². The number of hydrogen-bond acceptors (Lipinski definition) is 3. The molecule has 3 N–H and O–H groups in total. The second-order valence-electron chi connectivity index (χ2n) is 4.47. The Kier molecular flexibility index (Phi) is 5.62. The van der Waals surface area contributed by atoms with E-state index in [0.29, 0.717) is 12.2 Å². The molecule has 0 bridgehead atoms. The Balaban J connectivity index is 2.76. The summed E-state index contributed by atoms with van der Waals surface area (Å²) in [6, 6.07) is 5.19. The summed E-state index contributed by atoms with van der Waals surface area (Å²) in [7, 11) is 1.53. The fourth-order valence-corrected chi connectivity index (χ4v) is 1.96. The van der Waals surface area contributed by atoms with Crippen molar-refractivity contribution in [2.24, 2.45) is 5.84 Å². The molecule has 0 spiro atoms. The molecule has 0 amide bonds. The molecular weight excluding hydrogens is 257 g/mol. The van der Waals surface area contributed by atoms with Gasteiger partial charge in [0.15, 0.2) is 0 Å². The molecule has 1 aromatic rings. The average molecular weight is 276 g/mol. The SMILES string of the molecule is COc1ccc(C)cc1C(CCCC(F)(F)F)NN. The summed E-state index contributed by atoms with van der Waals surface area (Å²) in [6.45, 7) is 1.91. The molecule has 1 atom stereocenters. The third-order valence-electron chi connectivity index (χ3n) is 2.91. The zero-order valence-electron chi connectivity index (χ0n) is 11.1. The molecule has 0 saturated carbocycles. The predicted octanol–water partition coefficient (Wildman–Crippen LogP) is 3.24. The van der Waals surface area contributed by atoms with Gasteiger partial charge in [-0.2, -0.15) is 13.2 Å². The Labute approximate surface area is 110 Å². The first kappa shape index (κ1) is 15.8. The van der Waals surface area contributed by atoms with Crippen molar-refractivity contribution in [1.29, 1.82) is 0 Å². The molecule has 0 aliphatic heterocycles. The van der Waals surface area contributed by atoms with Crippen LogP contribution in [0.1, 0.15) is 36.4 Å². The lowest BCUT2D eigenvalue weighted by atomic mass is 9.98. The second kappa shape index (κ2) is 6.77. The first-order valence-corrected chi connectivity index (χ1v) is 6.05. The Morgan fingerprint density at radius 2 is 2.05 bits per heavy atom. The first-order chi connectivity index (χ1) is 8.87. The molecule has 6 heteroatoms. The van der Waals surface area contributed by atoms with Gasteiger partial charge < -0.3 is 4.74 Å². The maximum absolute atomic E-state index is 12.1. The highest BCUT2D eigenvalue weighted by Gasteiger charge is 2.27. The number of hydrogen-bond donors (Lipinski definition) is 2. The van der Waals surface area contributed by atoms with Crippen molar-refractivity contribution in [2.75, 3.05) is 7.11 Å². The van der Waals surface area contributed by atoms with Gasteiger partial charge in [0.25, 0.3) is 0 Å². The summed E-state index contributed by atoms with van der Waals surface area (Å²) in [6.07, 6.45) is -4.61. The zero-order chi connectivity index (χ0) is 14.5. The van der Waals surface area contributed by atoms with Crippen LogP contribution in [0.4, 0.5) is 13.2 Å². The van der Waals surface area contributed by atoms with Crippen molar-refractivity contribution in [3.8, 4) is 5.75 Å². The minimum absolute atomic E-state index is 0.0233. The largest absolute Gasteiger partial charge is 0.496 e. The summed E-state index contributed by atoms with van der Waals surface area (Å²) in [5.41, 5.74) is 4.35. The summed E-state index contributed by atoms with van der Waals surface area (Å²) in [5, 5.41) is 0. The van der Waals surface area contributed by atoms with E-state index in [4.69, 9.17) is 10.6 Å². The van der Waals surface area contributed by atoms with E-state index < -0.39 is 12.6 Å². The lowest BCUT2D eigenvalue weighted by molar-refractivity contribution is -0.135. The number of hydrazine groups is 1. The minimum Gasteiger partial charge on any atom is -0.496 e. The molecular formula is C13H19F3N2O. The highest BCUT2D eigenvalue weighted by atomic mass is 19.4. The van der Waals surface area contributed by atoms with Gasteiger partial charge in [-0.25, -0.2) is 0 Å². The maximum Gasteiger partial charge on any atom is 0.389 e. The molecule has 0 saturated heterocycles. The number of methoxy groups -OCH3 is 1. The smallest absolute Gasteiger partial charge is 0.389 e. The van der Waals surface area contributed by atoms with Gasteiger partial charge in [0.2, 0.25) is 0 Å². The molecule has 1 unspecified atom stereocenters. The Bertz CT molecular complexity index is 407. The molecule has 108 valence electrons. The van der Waals surface area contributed by atoms with Crippen molar-refractivity contribution in [3.63, 3.8) is 0 Å². The van der Waals surface area contributed by atoms with Crippen LogP contribution in [0.15, 0.2) is 18.2 Å². The Hall–Kier alpha value is -1.27. The van der Waals surface area contributed by atoms with Crippen molar-refractivity contribution >= 4 is 0 Å². The second-order valence-corrected chi connectivity index (χ2v) is 4.47. The van der Waals surface area contributed by atoms with Gasteiger partial charge in [-0.3, -0.25) is 11.3 Å². The minimum atomic E-state index is -4.13. The van der Waals surface area contributed by atoms with E-state index in [0.717, 1.165) is 11.1 Å².